The fraction of sp³-hybridized carbons (Fsp3) is 0.667. The van der Waals surface area contributed by atoms with Crippen LogP contribution in [0.15, 0.2) is 9.90 Å². The van der Waals surface area contributed by atoms with E-state index in [0.29, 0.717) is 11.9 Å². The van der Waals surface area contributed by atoms with Gasteiger partial charge in [0.15, 0.2) is 0 Å². The first-order valence-electron chi connectivity index (χ1n) is 4.90. The summed E-state index contributed by atoms with van der Waals surface area (Å²) in [5, 5.41) is 10.3. The smallest absolute Gasteiger partial charge is 0.346 e. The average molecular weight is 211 g/mol. The van der Waals surface area contributed by atoms with Gasteiger partial charge >= 0.3 is 5.69 Å². The van der Waals surface area contributed by atoms with Crippen molar-refractivity contribution in [2.45, 2.75) is 20.3 Å². The molecule has 1 rings (SSSR count). The highest BCUT2D eigenvalue weighted by Crippen LogP contribution is 2.02. The van der Waals surface area contributed by atoms with E-state index in [1.165, 1.54) is 4.68 Å². The lowest BCUT2D eigenvalue weighted by Gasteiger charge is -2.08. The number of nitrogens with one attached hydrogen (secondary N) is 1. The van der Waals surface area contributed by atoms with Crippen LogP contribution in [0.2, 0.25) is 0 Å². The van der Waals surface area contributed by atoms with Gasteiger partial charge in [-0.1, -0.05) is 13.8 Å². The molecule has 6 nitrogen and oxygen atoms in total. The number of aromatic amines is 1. The number of H-pyrrole nitrogens is 1. The maximum Gasteiger partial charge on any atom is 0.365 e. The highest BCUT2D eigenvalue weighted by Gasteiger charge is 2.07. The SMILES string of the molecule is CC(C)CC=Nn1c(N(C)C)n[nH]c1=O. The highest BCUT2D eigenvalue weighted by atomic mass is 16.2. The van der Waals surface area contributed by atoms with Crippen molar-refractivity contribution < 1.29 is 0 Å². The van der Waals surface area contributed by atoms with Gasteiger partial charge in [-0.2, -0.15) is 5.10 Å². The van der Waals surface area contributed by atoms with Crippen molar-refractivity contribution in [3.05, 3.63) is 10.5 Å². The van der Waals surface area contributed by atoms with Crippen LogP contribution in [-0.4, -0.2) is 35.2 Å². The first kappa shape index (κ1) is 11.5. The van der Waals surface area contributed by atoms with Gasteiger partial charge in [-0.05, 0) is 12.3 Å². The predicted octanol–water partition coefficient (Wildman–Crippen LogP) is 0.517. The van der Waals surface area contributed by atoms with E-state index in [4.69, 9.17) is 0 Å². The van der Waals surface area contributed by atoms with E-state index >= 15 is 0 Å². The molecule has 1 N–H and O–H groups in total. The normalized spacial score (nSPS) is 11.5. The third kappa shape index (κ3) is 2.93. The molecule has 0 aliphatic heterocycles. The average Bonchev–Trinajstić information content (AvgIpc) is 2.47. The Labute approximate surface area is 88.6 Å². The summed E-state index contributed by atoms with van der Waals surface area (Å²) in [6, 6.07) is 0. The molecule has 0 spiro atoms. The Balaban J connectivity index is 2.88. The van der Waals surface area contributed by atoms with Crippen LogP contribution in [-0.2, 0) is 0 Å². The van der Waals surface area contributed by atoms with Crippen molar-refractivity contribution in [2.75, 3.05) is 19.0 Å². The molecule has 1 aromatic heterocycles. The van der Waals surface area contributed by atoms with Crippen LogP contribution in [0.4, 0.5) is 5.95 Å². The van der Waals surface area contributed by atoms with Crippen LogP contribution in [0.1, 0.15) is 20.3 Å². The molecule has 0 unspecified atom stereocenters. The Morgan fingerprint density at radius 2 is 2.27 bits per heavy atom. The molecule has 0 aromatic carbocycles. The number of anilines is 1. The summed E-state index contributed by atoms with van der Waals surface area (Å²) in [5.74, 6) is 1.03. The zero-order valence-corrected chi connectivity index (χ0v) is 9.56. The third-order valence-electron chi connectivity index (χ3n) is 1.81. The van der Waals surface area contributed by atoms with Crippen molar-refractivity contribution in [2.24, 2.45) is 11.0 Å². The third-order valence-corrected chi connectivity index (χ3v) is 1.81. The van der Waals surface area contributed by atoms with Crippen LogP contribution in [0.3, 0.4) is 0 Å². The summed E-state index contributed by atoms with van der Waals surface area (Å²) in [5.41, 5.74) is -0.321. The molecule has 1 heterocycles. The summed E-state index contributed by atoms with van der Waals surface area (Å²) in [4.78, 5) is 13.1. The van der Waals surface area contributed by atoms with Crippen molar-refractivity contribution >= 4 is 12.2 Å². The number of aromatic nitrogens is 3. The second kappa shape index (κ2) is 4.77. The molecule has 0 atom stereocenters. The molecule has 0 radical (unpaired) electrons. The molecule has 0 fully saturated rings. The van der Waals surface area contributed by atoms with Crippen LogP contribution in [0.5, 0.6) is 0 Å². The van der Waals surface area contributed by atoms with Gasteiger partial charge in [-0.15, -0.1) is 9.77 Å². The van der Waals surface area contributed by atoms with Crippen molar-refractivity contribution in [1.29, 1.82) is 0 Å². The maximum absolute atomic E-state index is 11.3. The van der Waals surface area contributed by atoms with Gasteiger partial charge in [0.1, 0.15) is 0 Å². The molecule has 0 saturated heterocycles. The zero-order valence-electron chi connectivity index (χ0n) is 9.56. The largest absolute Gasteiger partial charge is 0.365 e. The summed E-state index contributed by atoms with van der Waals surface area (Å²) in [6.07, 6.45) is 2.57. The Kier molecular flexibility index (Phi) is 3.65. The summed E-state index contributed by atoms with van der Waals surface area (Å²) < 4.78 is 1.25. The quantitative estimate of drug-likeness (QED) is 0.738. The second-order valence-electron chi connectivity index (χ2n) is 3.96. The van der Waals surface area contributed by atoms with Crippen LogP contribution in [0, 0.1) is 5.92 Å². The number of hydrogen-bond acceptors (Lipinski definition) is 4. The van der Waals surface area contributed by atoms with E-state index < -0.39 is 0 Å². The van der Waals surface area contributed by atoms with E-state index in [1.807, 2.05) is 14.1 Å². The lowest BCUT2D eigenvalue weighted by Crippen LogP contribution is -2.19. The minimum atomic E-state index is -0.321. The second-order valence-corrected chi connectivity index (χ2v) is 3.96. The van der Waals surface area contributed by atoms with E-state index in [1.54, 1.807) is 11.1 Å². The molecule has 0 amide bonds. The predicted molar refractivity (Wildman–Crippen MR) is 60.5 cm³/mol. The van der Waals surface area contributed by atoms with Crippen molar-refractivity contribution in [3.63, 3.8) is 0 Å². The molecular weight excluding hydrogens is 194 g/mol. The highest BCUT2D eigenvalue weighted by molar-refractivity contribution is 5.57. The molecular formula is C9H17N5O. The number of nitrogens with zero attached hydrogens (tertiary/aromatic N) is 4. The summed E-state index contributed by atoms with van der Waals surface area (Å²) >= 11 is 0. The van der Waals surface area contributed by atoms with E-state index in [-0.39, 0.29) is 5.69 Å². The van der Waals surface area contributed by atoms with E-state index in [0.717, 1.165) is 6.42 Å². The molecule has 1 aromatic rings. The van der Waals surface area contributed by atoms with Gasteiger partial charge < -0.3 is 4.90 Å². The fourth-order valence-electron chi connectivity index (χ4n) is 1.02. The molecule has 6 heteroatoms. The summed E-state index contributed by atoms with van der Waals surface area (Å²) in [7, 11) is 3.62. The molecule has 15 heavy (non-hydrogen) atoms. The fourth-order valence-corrected chi connectivity index (χ4v) is 1.02. The van der Waals surface area contributed by atoms with Gasteiger partial charge in [0.25, 0.3) is 0 Å². The van der Waals surface area contributed by atoms with Gasteiger partial charge in [-0.3, -0.25) is 0 Å². The Morgan fingerprint density at radius 1 is 1.60 bits per heavy atom. The Bertz CT molecular complexity index is 387. The first-order valence-corrected chi connectivity index (χ1v) is 4.90. The monoisotopic (exact) mass is 211 g/mol. The van der Waals surface area contributed by atoms with Crippen LogP contribution in [0.25, 0.3) is 0 Å². The molecule has 84 valence electrons. The van der Waals surface area contributed by atoms with Gasteiger partial charge in [0.05, 0.1) is 0 Å². The maximum atomic E-state index is 11.3. The van der Waals surface area contributed by atoms with Gasteiger partial charge in [0, 0.05) is 20.3 Å². The van der Waals surface area contributed by atoms with E-state index in [9.17, 15) is 4.79 Å². The molecule has 0 aliphatic carbocycles. The van der Waals surface area contributed by atoms with Crippen LogP contribution >= 0.6 is 0 Å². The minimum absolute atomic E-state index is 0.321. The number of hydrogen-bond donors (Lipinski definition) is 1. The first-order chi connectivity index (χ1) is 7.02. The lowest BCUT2D eigenvalue weighted by atomic mass is 10.2. The minimum Gasteiger partial charge on any atom is -0.346 e. The zero-order chi connectivity index (χ0) is 11.4. The Hall–Kier alpha value is -1.59. The van der Waals surface area contributed by atoms with Crippen molar-refractivity contribution in [3.8, 4) is 0 Å². The lowest BCUT2D eigenvalue weighted by molar-refractivity contribution is 0.684. The molecule has 0 bridgehead atoms. The van der Waals surface area contributed by atoms with E-state index in [2.05, 4.69) is 29.1 Å². The standard InChI is InChI=1S/C9H17N5O/c1-7(2)5-6-10-14-8(13(3)4)11-12-9(14)15/h6-7H,5H2,1-4H3,(H,12,15). The topological polar surface area (TPSA) is 66.3 Å². The van der Waals surface area contributed by atoms with Gasteiger partial charge in [0.2, 0.25) is 5.95 Å². The number of rotatable bonds is 4. The molecule has 0 saturated carbocycles. The molecule has 0 aliphatic rings. The van der Waals surface area contributed by atoms with Gasteiger partial charge in [-0.25, -0.2) is 9.89 Å². The summed E-state index contributed by atoms with van der Waals surface area (Å²) in [6.45, 7) is 4.19. The Morgan fingerprint density at radius 3 is 2.80 bits per heavy atom. The van der Waals surface area contributed by atoms with Crippen LogP contribution < -0.4 is 10.6 Å². The van der Waals surface area contributed by atoms with Crippen molar-refractivity contribution in [1.82, 2.24) is 14.9 Å².